The number of nitrogens with zero attached hydrogens (tertiary/aromatic N) is 2. The van der Waals surface area contributed by atoms with E-state index in [9.17, 15) is 0 Å². The standard InChI is InChI=1S/C16H21N3O/c1-19(14-6-7-14)8-9-20-16-13(11-17)10-12-4-2-3-5-15(12)18-16/h2-5,10,14H,6-9,11,17H2,1H3. The summed E-state index contributed by atoms with van der Waals surface area (Å²) in [5.41, 5.74) is 7.73. The third kappa shape index (κ3) is 2.92. The van der Waals surface area contributed by atoms with Crippen LogP contribution in [0.3, 0.4) is 0 Å². The number of nitrogens with two attached hydrogens (primary N) is 1. The van der Waals surface area contributed by atoms with Gasteiger partial charge in [-0.2, -0.15) is 0 Å². The lowest BCUT2D eigenvalue weighted by molar-refractivity contribution is 0.225. The maximum absolute atomic E-state index is 5.85. The van der Waals surface area contributed by atoms with E-state index in [1.807, 2.05) is 24.3 Å². The molecule has 1 aliphatic rings. The zero-order valence-corrected chi connectivity index (χ0v) is 11.9. The molecule has 1 aliphatic carbocycles. The molecule has 0 unspecified atom stereocenters. The van der Waals surface area contributed by atoms with E-state index >= 15 is 0 Å². The topological polar surface area (TPSA) is 51.4 Å². The Kier molecular flexibility index (Phi) is 3.85. The zero-order valence-electron chi connectivity index (χ0n) is 11.9. The Hall–Kier alpha value is -1.65. The molecule has 0 bridgehead atoms. The molecule has 0 amide bonds. The van der Waals surface area contributed by atoms with Crippen LogP contribution >= 0.6 is 0 Å². The van der Waals surface area contributed by atoms with Crippen LogP contribution in [0.4, 0.5) is 0 Å². The Balaban J connectivity index is 1.71. The summed E-state index contributed by atoms with van der Waals surface area (Å²) in [7, 11) is 2.15. The van der Waals surface area contributed by atoms with Gasteiger partial charge in [-0.3, -0.25) is 0 Å². The SMILES string of the molecule is CN(CCOc1nc2ccccc2cc1CN)C1CC1. The van der Waals surface area contributed by atoms with Gasteiger partial charge in [0, 0.05) is 30.1 Å². The molecule has 106 valence electrons. The maximum Gasteiger partial charge on any atom is 0.218 e. The van der Waals surface area contributed by atoms with Crippen LogP contribution in [-0.4, -0.2) is 36.1 Å². The predicted molar refractivity (Wildman–Crippen MR) is 80.8 cm³/mol. The van der Waals surface area contributed by atoms with E-state index in [-0.39, 0.29) is 0 Å². The van der Waals surface area contributed by atoms with Crippen molar-refractivity contribution in [2.75, 3.05) is 20.2 Å². The number of para-hydroxylation sites is 1. The second kappa shape index (κ2) is 5.77. The second-order valence-electron chi connectivity index (χ2n) is 5.41. The number of likely N-dealkylation sites (N-methyl/N-ethyl adjacent to an activating group) is 1. The average molecular weight is 271 g/mol. The highest BCUT2D eigenvalue weighted by atomic mass is 16.5. The first-order chi connectivity index (χ1) is 9.78. The third-order valence-corrected chi connectivity index (χ3v) is 3.84. The highest BCUT2D eigenvalue weighted by molar-refractivity contribution is 5.80. The van der Waals surface area contributed by atoms with Crippen LogP contribution in [0.15, 0.2) is 30.3 Å². The number of hydrogen-bond acceptors (Lipinski definition) is 4. The first kappa shape index (κ1) is 13.3. The quantitative estimate of drug-likeness (QED) is 0.875. The lowest BCUT2D eigenvalue weighted by Crippen LogP contribution is -2.26. The molecule has 0 spiro atoms. The molecule has 0 aliphatic heterocycles. The van der Waals surface area contributed by atoms with Gasteiger partial charge in [0.2, 0.25) is 5.88 Å². The molecule has 4 nitrogen and oxygen atoms in total. The Labute approximate surface area is 119 Å². The fourth-order valence-corrected chi connectivity index (χ4v) is 2.40. The molecule has 2 aromatic rings. The molecule has 0 radical (unpaired) electrons. The van der Waals surface area contributed by atoms with E-state index in [4.69, 9.17) is 10.5 Å². The normalized spacial score (nSPS) is 14.9. The van der Waals surface area contributed by atoms with Gasteiger partial charge in [0.1, 0.15) is 6.61 Å². The number of ether oxygens (including phenoxy) is 1. The number of hydrogen-bond donors (Lipinski definition) is 1. The summed E-state index contributed by atoms with van der Waals surface area (Å²) in [6.45, 7) is 2.04. The van der Waals surface area contributed by atoms with E-state index in [1.165, 1.54) is 12.8 Å². The second-order valence-corrected chi connectivity index (χ2v) is 5.41. The monoisotopic (exact) mass is 271 g/mol. The Morgan fingerprint density at radius 1 is 1.35 bits per heavy atom. The molecule has 2 N–H and O–H groups in total. The fraction of sp³-hybridized carbons (Fsp3) is 0.438. The molecule has 0 saturated heterocycles. The molecular formula is C16H21N3O. The van der Waals surface area contributed by atoms with Crippen molar-refractivity contribution in [1.29, 1.82) is 0 Å². The predicted octanol–water partition coefficient (Wildman–Crippen LogP) is 2.17. The van der Waals surface area contributed by atoms with Crippen molar-refractivity contribution in [2.24, 2.45) is 5.73 Å². The summed E-state index contributed by atoms with van der Waals surface area (Å²) in [5, 5.41) is 1.11. The molecule has 20 heavy (non-hydrogen) atoms. The lowest BCUT2D eigenvalue weighted by atomic mass is 10.1. The number of benzene rings is 1. The van der Waals surface area contributed by atoms with Gasteiger partial charge in [0.05, 0.1) is 5.52 Å². The molecule has 1 aromatic carbocycles. The minimum atomic E-state index is 0.450. The van der Waals surface area contributed by atoms with Crippen molar-refractivity contribution in [1.82, 2.24) is 9.88 Å². The van der Waals surface area contributed by atoms with Crippen molar-refractivity contribution >= 4 is 10.9 Å². The molecule has 1 aromatic heterocycles. The summed E-state index contributed by atoms with van der Waals surface area (Å²) in [6.07, 6.45) is 2.64. The van der Waals surface area contributed by atoms with Crippen LogP contribution in [0.25, 0.3) is 10.9 Å². The van der Waals surface area contributed by atoms with Crippen molar-refractivity contribution in [3.63, 3.8) is 0 Å². The zero-order chi connectivity index (χ0) is 13.9. The van der Waals surface area contributed by atoms with Gasteiger partial charge in [-0.1, -0.05) is 18.2 Å². The Morgan fingerprint density at radius 3 is 2.90 bits per heavy atom. The van der Waals surface area contributed by atoms with Gasteiger partial charge in [-0.05, 0) is 32.0 Å². The van der Waals surface area contributed by atoms with Gasteiger partial charge >= 0.3 is 0 Å². The van der Waals surface area contributed by atoms with Crippen LogP contribution in [0.2, 0.25) is 0 Å². The number of pyridine rings is 1. The maximum atomic E-state index is 5.85. The van der Waals surface area contributed by atoms with E-state index in [1.54, 1.807) is 0 Å². The average Bonchev–Trinajstić information content (AvgIpc) is 3.31. The van der Waals surface area contributed by atoms with Gasteiger partial charge in [-0.15, -0.1) is 0 Å². The lowest BCUT2D eigenvalue weighted by Gasteiger charge is -2.16. The number of rotatable bonds is 6. The highest BCUT2D eigenvalue weighted by Gasteiger charge is 2.25. The van der Waals surface area contributed by atoms with Gasteiger partial charge in [-0.25, -0.2) is 4.98 Å². The Bertz CT molecular complexity index is 595. The van der Waals surface area contributed by atoms with E-state index in [2.05, 4.69) is 23.0 Å². The van der Waals surface area contributed by atoms with Gasteiger partial charge in [0.15, 0.2) is 0 Å². The molecule has 3 rings (SSSR count). The van der Waals surface area contributed by atoms with E-state index < -0.39 is 0 Å². The first-order valence-electron chi connectivity index (χ1n) is 7.19. The van der Waals surface area contributed by atoms with Crippen LogP contribution in [0.5, 0.6) is 5.88 Å². The molecule has 1 saturated carbocycles. The summed E-state index contributed by atoms with van der Waals surface area (Å²) < 4.78 is 5.85. The van der Waals surface area contributed by atoms with Crippen LogP contribution in [0.1, 0.15) is 18.4 Å². The Morgan fingerprint density at radius 2 is 2.15 bits per heavy atom. The van der Waals surface area contributed by atoms with E-state index in [0.29, 0.717) is 19.0 Å². The van der Waals surface area contributed by atoms with Crippen molar-refractivity contribution in [3.8, 4) is 5.88 Å². The third-order valence-electron chi connectivity index (χ3n) is 3.84. The van der Waals surface area contributed by atoms with E-state index in [0.717, 1.165) is 29.1 Å². The largest absolute Gasteiger partial charge is 0.476 e. The van der Waals surface area contributed by atoms with Crippen molar-refractivity contribution < 1.29 is 4.74 Å². The fourth-order valence-electron chi connectivity index (χ4n) is 2.40. The molecule has 0 atom stereocenters. The molecule has 4 heteroatoms. The van der Waals surface area contributed by atoms with Crippen molar-refractivity contribution in [2.45, 2.75) is 25.4 Å². The van der Waals surface area contributed by atoms with Crippen LogP contribution in [0, 0.1) is 0 Å². The minimum Gasteiger partial charge on any atom is -0.476 e. The summed E-state index contributed by atoms with van der Waals surface area (Å²) >= 11 is 0. The smallest absolute Gasteiger partial charge is 0.218 e. The van der Waals surface area contributed by atoms with Crippen LogP contribution < -0.4 is 10.5 Å². The van der Waals surface area contributed by atoms with Crippen LogP contribution in [-0.2, 0) is 6.54 Å². The molecule has 1 fully saturated rings. The number of fused-ring (bicyclic) bond motifs is 1. The summed E-state index contributed by atoms with van der Waals surface area (Å²) in [4.78, 5) is 6.93. The van der Waals surface area contributed by atoms with Gasteiger partial charge in [0.25, 0.3) is 0 Å². The molecular weight excluding hydrogens is 250 g/mol. The highest BCUT2D eigenvalue weighted by Crippen LogP contribution is 2.25. The summed E-state index contributed by atoms with van der Waals surface area (Å²) in [5.74, 6) is 0.676. The summed E-state index contributed by atoms with van der Waals surface area (Å²) in [6, 6.07) is 10.9. The van der Waals surface area contributed by atoms with Crippen molar-refractivity contribution in [3.05, 3.63) is 35.9 Å². The first-order valence-corrected chi connectivity index (χ1v) is 7.19. The number of aromatic nitrogens is 1. The minimum absolute atomic E-state index is 0.450. The van der Waals surface area contributed by atoms with Gasteiger partial charge < -0.3 is 15.4 Å². The molecule has 1 heterocycles.